The molecule has 1 aliphatic carbocycles. The quantitative estimate of drug-likeness (QED) is 0.655. The van der Waals surface area contributed by atoms with Crippen molar-refractivity contribution in [2.24, 2.45) is 12.8 Å². The zero-order valence-electron chi connectivity index (χ0n) is 18.6. The Labute approximate surface area is 182 Å². The van der Waals surface area contributed by atoms with Crippen molar-refractivity contribution in [3.05, 3.63) is 70.5 Å². The van der Waals surface area contributed by atoms with Crippen LogP contribution in [0.2, 0.25) is 0 Å². The van der Waals surface area contributed by atoms with Crippen LogP contribution in [0.15, 0.2) is 42.6 Å². The Kier molecular flexibility index (Phi) is 4.96. The maximum absolute atomic E-state index is 13.6. The molecule has 160 valence electrons. The summed E-state index contributed by atoms with van der Waals surface area (Å²) in [6.07, 6.45) is 2.87. The molecule has 0 radical (unpaired) electrons. The smallest absolute Gasteiger partial charge is 0.257 e. The molecule has 0 fully saturated rings. The molecule has 0 spiro atoms. The van der Waals surface area contributed by atoms with Crippen LogP contribution in [0.5, 0.6) is 0 Å². The minimum Gasteiger partial charge on any atom is -0.366 e. The van der Waals surface area contributed by atoms with Gasteiger partial charge in [0.2, 0.25) is 5.91 Å². The van der Waals surface area contributed by atoms with Crippen LogP contribution >= 0.6 is 0 Å². The Morgan fingerprint density at radius 1 is 1.16 bits per heavy atom. The molecule has 0 bridgehead atoms. The lowest BCUT2D eigenvalue weighted by atomic mass is 9.86. The van der Waals surface area contributed by atoms with Gasteiger partial charge in [-0.25, -0.2) is 0 Å². The van der Waals surface area contributed by atoms with E-state index in [0.29, 0.717) is 11.5 Å². The third-order valence-corrected chi connectivity index (χ3v) is 6.25. The number of primary amides is 1. The van der Waals surface area contributed by atoms with Gasteiger partial charge in [0.05, 0.1) is 16.8 Å². The van der Waals surface area contributed by atoms with Gasteiger partial charge in [-0.05, 0) is 53.5 Å². The van der Waals surface area contributed by atoms with E-state index in [1.165, 1.54) is 5.56 Å². The van der Waals surface area contributed by atoms with Gasteiger partial charge in [-0.15, -0.1) is 0 Å². The van der Waals surface area contributed by atoms with Crippen LogP contribution in [-0.4, -0.2) is 21.6 Å². The molecule has 0 saturated carbocycles. The number of fused-ring (bicyclic) bond motifs is 1. The summed E-state index contributed by atoms with van der Waals surface area (Å²) in [4.78, 5) is 25.8. The zero-order valence-corrected chi connectivity index (χ0v) is 18.6. The van der Waals surface area contributed by atoms with Gasteiger partial charge in [0.15, 0.2) is 0 Å². The highest BCUT2D eigenvalue weighted by Crippen LogP contribution is 2.48. The number of rotatable bonds is 4. The summed E-state index contributed by atoms with van der Waals surface area (Å²) >= 11 is 0. The number of aromatic nitrogens is 2. The third kappa shape index (κ3) is 3.52. The number of anilines is 1. The van der Waals surface area contributed by atoms with Crippen LogP contribution in [0.1, 0.15) is 70.6 Å². The standard InChI is InChI=1S/C25H28N4O2/c1-14-12-25(3,4)19-10-7-11-20(21(14)19)27-24(31)22-16(8-6-9-17(22)23(26)30)18-13-29(5)28-15(18)2/h6-11,13-14H,12H2,1-5H3,(H2,26,30)(H,27,31)/t14-/m1/s1. The maximum atomic E-state index is 13.6. The molecule has 2 amide bonds. The van der Waals surface area contributed by atoms with Crippen LogP contribution < -0.4 is 11.1 Å². The van der Waals surface area contributed by atoms with E-state index < -0.39 is 5.91 Å². The SMILES string of the molecule is Cc1nn(C)cc1-c1cccc(C(N)=O)c1C(=O)Nc1cccc2c1[C@H](C)CC2(C)C. The van der Waals surface area contributed by atoms with E-state index in [4.69, 9.17) is 5.73 Å². The topological polar surface area (TPSA) is 90.0 Å². The van der Waals surface area contributed by atoms with Crippen molar-refractivity contribution in [2.45, 2.75) is 45.4 Å². The van der Waals surface area contributed by atoms with Gasteiger partial charge in [-0.1, -0.05) is 45.0 Å². The van der Waals surface area contributed by atoms with Crippen molar-refractivity contribution >= 4 is 17.5 Å². The highest BCUT2D eigenvalue weighted by atomic mass is 16.2. The molecular weight excluding hydrogens is 388 g/mol. The summed E-state index contributed by atoms with van der Waals surface area (Å²) in [6.45, 7) is 8.52. The number of carbonyl (C=O) groups is 2. The fourth-order valence-electron chi connectivity index (χ4n) is 5.05. The van der Waals surface area contributed by atoms with Crippen LogP contribution in [0, 0.1) is 6.92 Å². The third-order valence-electron chi connectivity index (χ3n) is 6.25. The fraction of sp³-hybridized carbons (Fsp3) is 0.320. The van der Waals surface area contributed by atoms with Crippen LogP contribution in [0.3, 0.4) is 0 Å². The zero-order chi connectivity index (χ0) is 22.5. The molecule has 0 unspecified atom stereocenters. The van der Waals surface area contributed by atoms with E-state index in [9.17, 15) is 9.59 Å². The molecule has 3 aromatic rings. The molecule has 3 N–H and O–H groups in total. The monoisotopic (exact) mass is 416 g/mol. The first-order chi connectivity index (χ1) is 14.6. The Hall–Kier alpha value is -3.41. The summed E-state index contributed by atoms with van der Waals surface area (Å²) in [7, 11) is 1.82. The number of nitrogens with zero attached hydrogens (tertiary/aromatic N) is 2. The van der Waals surface area contributed by atoms with Gasteiger partial charge in [0.1, 0.15) is 0 Å². The molecule has 6 heteroatoms. The minimum absolute atomic E-state index is 0.0542. The molecule has 6 nitrogen and oxygen atoms in total. The number of nitrogens with one attached hydrogen (secondary N) is 1. The van der Waals surface area contributed by atoms with Gasteiger partial charge in [-0.2, -0.15) is 5.10 Å². The average Bonchev–Trinajstić information content (AvgIpc) is 3.16. The number of hydrogen-bond donors (Lipinski definition) is 2. The number of amides is 2. The molecular formula is C25H28N4O2. The first-order valence-electron chi connectivity index (χ1n) is 10.5. The Bertz CT molecular complexity index is 1210. The first kappa shape index (κ1) is 20.8. The minimum atomic E-state index is -0.638. The molecule has 1 aromatic heterocycles. The van der Waals surface area contributed by atoms with E-state index in [2.05, 4.69) is 37.3 Å². The average molecular weight is 417 g/mol. The lowest BCUT2D eigenvalue weighted by Crippen LogP contribution is -2.22. The summed E-state index contributed by atoms with van der Waals surface area (Å²) in [5, 5.41) is 7.47. The predicted molar refractivity (Wildman–Crippen MR) is 122 cm³/mol. The second kappa shape index (κ2) is 7.38. The number of aryl methyl sites for hydroxylation is 2. The van der Waals surface area contributed by atoms with Gasteiger partial charge in [-0.3, -0.25) is 14.3 Å². The van der Waals surface area contributed by atoms with Crippen molar-refractivity contribution in [1.82, 2.24) is 9.78 Å². The number of benzene rings is 2. The van der Waals surface area contributed by atoms with Crippen LogP contribution in [0.4, 0.5) is 5.69 Å². The molecule has 4 rings (SSSR count). The molecule has 1 aliphatic rings. The van der Waals surface area contributed by atoms with Gasteiger partial charge in [0, 0.05) is 24.5 Å². The van der Waals surface area contributed by atoms with E-state index in [1.54, 1.807) is 16.8 Å². The van der Waals surface area contributed by atoms with Gasteiger partial charge < -0.3 is 11.1 Å². The van der Waals surface area contributed by atoms with Crippen molar-refractivity contribution in [2.75, 3.05) is 5.32 Å². The lowest BCUT2D eigenvalue weighted by molar-refractivity contribution is 0.0977. The first-order valence-corrected chi connectivity index (χ1v) is 10.5. The Balaban J connectivity index is 1.83. The van der Waals surface area contributed by atoms with Crippen molar-refractivity contribution < 1.29 is 9.59 Å². The van der Waals surface area contributed by atoms with Crippen LogP contribution in [-0.2, 0) is 12.5 Å². The lowest BCUT2D eigenvalue weighted by Gasteiger charge is -2.20. The van der Waals surface area contributed by atoms with Crippen molar-refractivity contribution in [1.29, 1.82) is 0 Å². The van der Waals surface area contributed by atoms with Crippen molar-refractivity contribution in [3.63, 3.8) is 0 Å². The van der Waals surface area contributed by atoms with E-state index in [1.807, 2.05) is 38.4 Å². The summed E-state index contributed by atoms with van der Waals surface area (Å²) in [5.41, 5.74) is 11.6. The molecule has 1 heterocycles. The molecule has 31 heavy (non-hydrogen) atoms. The van der Waals surface area contributed by atoms with E-state index in [0.717, 1.165) is 28.9 Å². The second-order valence-corrected chi connectivity index (χ2v) is 9.10. The molecule has 0 saturated heterocycles. The van der Waals surface area contributed by atoms with Crippen molar-refractivity contribution in [3.8, 4) is 11.1 Å². The van der Waals surface area contributed by atoms with Crippen LogP contribution in [0.25, 0.3) is 11.1 Å². The Morgan fingerprint density at radius 2 is 1.87 bits per heavy atom. The maximum Gasteiger partial charge on any atom is 0.257 e. The summed E-state index contributed by atoms with van der Waals surface area (Å²) in [6, 6.07) is 11.2. The summed E-state index contributed by atoms with van der Waals surface area (Å²) < 4.78 is 1.69. The Morgan fingerprint density at radius 3 is 2.52 bits per heavy atom. The van der Waals surface area contributed by atoms with Gasteiger partial charge >= 0.3 is 0 Å². The predicted octanol–water partition coefficient (Wildman–Crippen LogP) is 4.53. The number of nitrogens with two attached hydrogens (primary N) is 1. The molecule has 1 atom stereocenters. The molecule has 2 aromatic carbocycles. The second-order valence-electron chi connectivity index (χ2n) is 9.10. The van der Waals surface area contributed by atoms with Gasteiger partial charge in [0.25, 0.3) is 5.91 Å². The normalized spacial score (nSPS) is 16.7. The molecule has 0 aliphatic heterocycles. The van der Waals surface area contributed by atoms with E-state index in [-0.39, 0.29) is 22.4 Å². The summed E-state index contributed by atoms with van der Waals surface area (Å²) in [5.74, 6) is -0.660. The number of carbonyl (C=O) groups excluding carboxylic acids is 2. The highest BCUT2D eigenvalue weighted by Gasteiger charge is 2.36. The highest BCUT2D eigenvalue weighted by molar-refractivity contribution is 6.16. The number of hydrogen-bond acceptors (Lipinski definition) is 3. The van der Waals surface area contributed by atoms with E-state index >= 15 is 0 Å². The fourth-order valence-corrected chi connectivity index (χ4v) is 5.05. The largest absolute Gasteiger partial charge is 0.366 e.